The summed E-state index contributed by atoms with van der Waals surface area (Å²) in [6.45, 7) is 4.43. The lowest BCUT2D eigenvalue weighted by molar-refractivity contribution is -0.131. The molecule has 120 valence electrons. The lowest BCUT2D eigenvalue weighted by Gasteiger charge is -2.27. The predicted molar refractivity (Wildman–Crippen MR) is 92.8 cm³/mol. The Labute approximate surface area is 143 Å². The molecule has 3 aromatic rings. The van der Waals surface area contributed by atoms with Gasteiger partial charge in [0.1, 0.15) is 16.5 Å². The first kappa shape index (κ1) is 16.0. The molecule has 0 saturated carbocycles. The molecule has 0 aliphatic rings. The van der Waals surface area contributed by atoms with Crippen LogP contribution in [0.3, 0.4) is 0 Å². The number of alkyl halides is 1. The smallest absolute Gasteiger partial charge is 0.238 e. The molecule has 0 bridgehead atoms. The van der Waals surface area contributed by atoms with E-state index in [2.05, 4.69) is 4.98 Å². The standard InChI is InChI=1S/C17H17ClN2O2S/c1-11-10-23-17(19-11)12(2)20(16(21)8-18)9-13-3-4-15-14(7-13)5-6-22-15/h3-7,10,12H,8-9H2,1-2H3. The third-order valence-electron chi connectivity index (χ3n) is 3.77. The van der Waals surface area contributed by atoms with Crippen molar-refractivity contribution in [3.8, 4) is 0 Å². The number of fused-ring (bicyclic) bond motifs is 1. The summed E-state index contributed by atoms with van der Waals surface area (Å²) in [5.74, 6) is -0.137. The summed E-state index contributed by atoms with van der Waals surface area (Å²) < 4.78 is 5.36. The van der Waals surface area contributed by atoms with Gasteiger partial charge in [-0.15, -0.1) is 22.9 Å². The van der Waals surface area contributed by atoms with Gasteiger partial charge in [-0.1, -0.05) is 6.07 Å². The highest BCUT2D eigenvalue weighted by Gasteiger charge is 2.23. The van der Waals surface area contributed by atoms with E-state index in [0.29, 0.717) is 6.54 Å². The van der Waals surface area contributed by atoms with Gasteiger partial charge in [-0.3, -0.25) is 4.79 Å². The first-order valence-electron chi connectivity index (χ1n) is 7.32. The van der Waals surface area contributed by atoms with Gasteiger partial charge < -0.3 is 9.32 Å². The number of hydrogen-bond donors (Lipinski definition) is 0. The fourth-order valence-electron chi connectivity index (χ4n) is 2.53. The minimum absolute atomic E-state index is 0.0390. The summed E-state index contributed by atoms with van der Waals surface area (Å²) in [4.78, 5) is 18.6. The molecule has 1 unspecified atom stereocenters. The number of hydrogen-bond acceptors (Lipinski definition) is 4. The van der Waals surface area contributed by atoms with Crippen molar-refractivity contribution >= 4 is 39.8 Å². The van der Waals surface area contributed by atoms with Crippen LogP contribution in [-0.4, -0.2) is 21.7 Å². The van der Waals surface area contributed by atoms with Crippen LogP contribution in [0.1, 0.15) is 29.2 Å². The van der Waals surface area contributed by atoms with Gasteiger partial charge in [-0.25, -0.2) is 4.98 Å². The Bertz CT molecular complexity index is 827. The molecule has 1 amide bonds. The first-order chi connectivity index (χ1) is 11.1. The summed E-state index contributed by atoms with van der Waals surface area (Å²) in [5, 5.41) is 3.94. The highest BCUT2D eigenvalue weighted by molar-refractivity contribution is 7.09. The average molecular weight is 349 g/mol. The molecule has 0 N–H and O–H groups in total. The number of amides is 1. The Balaban J connectivity index is 1.87. The second-order valence-corrected chi connectivity index (χ2v) is 6.61. The van der Waals surface area contributed by atoms with Gasteiger partial charge in [0.25, 0.3) is 0 Å². The van der Waals surface area contributed by atoms with Gasteiger partial charge in [0.15, 0.2) is 0 Å². The topological polar surface area (TPSA) is 46.3 Å². The van der Waals surface area contributed by atoms with E-state index in [-0.39, 0.29) is 17.8 Å². The SMILES string of the molecule is Cc1csc(C(C)N(Cc2ccc3occc3c2)C(=O)CCl)n1. The molecule has 0 aliphatic carbocycles. The molecule has 3 rings (SSSR count). The normalized spacial score (nSPS) is 12.5. The van der Waals surface area contributed by atoms with E-state index >= 15 is 0 Å². The number of aryl methyl sites for hydroxylation is 1. The quantitative estimate of drug-likeness (QED) is 0.636. The van der Waals surface area contributed by atoms with Crippen molar-refractivity contribution < 1.29 is 9.21 Å². The summed E-state index contributed by atoms with van der Waals surface area (Å²) in [7, 11) is 0. The monoisotopic (exact) mass is 348 g/mol. The molecule has 2 heterocycles. The molecule has 23 heavy (non-hydrogen) atoms. The van der Waals surface area contributed by atoms with E-state index in [1.807, 2.05) is 43.5 Å². The molecular weight excluding hydrogens is 332 g/mol. The fourth-order valence-corrected chi connectivity index (χ4v) is 3.54. The molecule has 0 fully saturated rings. The lowest BCUT2D eigenvalue weighted by Crippen LogP contribution is -2.34. The number of furan rings is 1. The van der Waals surface area contributed by atoms with Gasteiger partial charge in [-0.05, 0) is 37.6 Å². The van der Waals surface area contributed by atoms with Gasteiger partial charge in [0.05, 0.1) is 12.3 Å². The number of benzene rings is 1. The molecule has 0 spiro atoms. The summed E-state index contributed by atoms with van der Waals surface area (Å²) in [5.41, 5.74) is 2.85. The first-order valence-corrected chi connectivity index (χ1v) is 8.73. The van der Waals surface area contributed by atoms with Crippen molar-refractivity contribution in [2.24, 2.45) is 0 Å². The van der Waals surface area contributed by atoms with Crippen LogP contribution in [0.4, 0.5) is 0 Å². The van der Waals surface area contributed by atoms with Crippen molar-refractivity contribution in [3.05, 3.63) is 52.2 Å². The maximum Gasteiger partial charge on any atom is 0.238 e. The molecule has 0 radical (unpaired) electrons. The zero-order valence-corrected chi connectivity index (χ0v) is 14.5. The third kappa shape index (κ3) is 3.41. The summed E-state index contributed by atoms with van der Waals surface area (Å²) in [6.07, 6.45) is 1.66. The predicted octanol–water partition coefficient (Wildman–Crippen LogP) is 4.53. The molecule has 6 heteroatoms. The van der Waals surface area contributed by atoms with Gasteiger partial charge >= 0.3 is 0 Å². The van der Waals surface area contributed by atoms with Crippen LogP contribution in [0, 0.1) is 6.92 Å². The number of carbonyl (C=O) groups excluding carboxylic acids is 1. The van der Waals surface area contributed by atoms with Crippen LogP contribution in [-0.2, 0) is 11.3 Å². The fraction of sp³-hybridized carbons (Fsp3) is 0.294. The lowest BCUT2D eigenvalue weighted by atomic mass is 10.1. The Hall–Kier alpha value is -1.85. The second-order valence-electron chi connectivity index (χ2n) is 5.45. The summed E-state index contributed by atoms with van der Waals surface area (Å²) >= 11 is 7.37. The van der Waals surface area contributed by atoms with Crippen LogP contribution >= 0.6 is 22.9 Å². The average Bonchev–Trinajstić information content (AvgIpc) is 3.19. The Morgan fingerprint density at radius 2 is 2.26 bits per heavy atom. The highest BCUT2D eigenvalue weighted by atomic mass is 35.5. The van der Waals surface area contributed by atoms with E-state index in [9.17, 15) is 4.79 Å². The van der Waals surface area contributed by atoms with Gasteiger partial charge in [-0.2, -0.15) is 0 Å². The van der Waals surface area contributed by atoms with Crippen molar-refractivity contribution in [1.29, 1.82) is 0 Å². The van der Waals surface area contributed by atoms with E-state index in [1.165, 1.54) is 0 Å². The van der Waals surface area contributed by atoms with Crippen molar-refractivity contribution in [3.63, 3.8) is 0 Å². The van der Waals surface area contributed by atoms with Crippen LogP contribution in [0.25, 0.3) is 11.0 Å². The van der Waals surface area contributed by atoms with E-state index in [0.717, 1.165) is 27.2 Å². The molecule has 1 atom stereocenters. The van der Waals surface area contributed by atoms with E-state index in [4.69, 9.17) is 16.0 Å². The maximum absolute atomic E-state index is 12.3. The largest absolute Gasteiger partial charge is 0.464 e. The Morgan fingerprint density at radius 3 is 2.96 bits per heavy atom. The minimum atomic E-state index is -0.111. The zero-order chi connectivity index (χ0) is 16.4. The molecule has 1 aromatic carbocycles. The summed E-state index contributed by atoms with van der Waals surface area (Å²) in [6, 6.07) is 7.74. The van der Waals surface area contributed by atoms with E-state index in [1.54, 1.807) is 22.5 Å². The van der Waals surface area contributed by atoms with Crippen LogP contribution in [0.2, 0.25) is 0 Å². The molecular formula is C17H17ClN2O2S. The van der Waals surface area contributed by atoms with Gasteiger partial charge in [0, 0.05) is 23.0 Å². The Morgan fingerprint density at radius 1 is 1.43 bits per heavy atom. The highest BCUT2D eigenvalue weighted by Crippen LogP contribution is 2.27. The van der Waals surface area contributed by atoms with E-state index < -0.39 is 0 Å². The molecule has 2 aromatic heterocycles. The van der Waals surface area contributed by atoms with Crippen LogP contribution < -0.4 is 0 Å². The van der Waals surface area contributed by atoms with Crippen molar-refractivity contribution in [2.75, 3.05) is 5.88 Å². The number of halogens is 1. The number of aromatic nitrogens is 1. The second kappa shape index (κ2) is 6.72. The zero-order valence-electron chi connectivity index (χ0n) is 13.0. The molecule has 0 aliphatic heterocycles. The third-order valence-corrected chi connectivity index (χ3v) is 5.13. The number of nitrogens with zero attached hydrogens (tertiary/aromatic N) is 2. The Kier molecular flexibility index (Phi) is 4.68. The number of thiazole rings is 1. The number of carbonyl (C=O) groups is 1. The molecule has 0 saturated heterocycles. The van der Waals surface area contributed by atoms with Crippen molar-refractivity contribution in [1.82, 2.24) is 9.88 Å². The van der Waals surface area contributed by atoms with Gasteiger partial charge in [0.2, 0.25) is 5.91 Å². The molecule has 4 nitrogen and oxygen atoms in total. The number of rotatable bonds is 5. The van der Waals surface area contributed by atoms with Crippen LogP contribution in [0.15, 0.2) is 40.3 Å². The maximum atomic E-state index is 12.3. The van der Waals surface area contributed by atoms with Crippen LogP contribution in [0.5, 0.6) is 0 Å². The van der Waals surface area contributed by atoms with Crippen molar-refractivity contribution in [2.45, 2.75) is 26.4 Å². The minimum Gasteiger partial charge on any atom is -0.464 e.